The van der Waals surface area contributed by atoms with Crippen molar-refractivity contribution in [3.63, 3.8) is 0 Å². The minimum Gasteiger partial charge on any atom is -0.508 e. The highest BCUT2D eigenvalue weighted by Gasteiger charge is 2.10. The molecule has 5 heteroatoms. The number of amides is 1. The van der Waals surface area contributed by atoms with Crippen molar-refractivity contribution in [2.75, 3.05) is 5.32 Å². The molecule has 2 aromatic rings. The minimum absolute atomic E-state index is 0.112. The summed E-state index contributed by atoms with van der Waals surface area (Å²) in [6, 6.07) is 6.64. The maximum absolute atomic E-state index is 12.0. The molecular formula is C14H17N3O2. The molecule has 0 radical (unpaired) electrons. The number of rotatable bonds is 4. The Hall–Kier alpha value is -2.30. The first-order chi connectivity index (χ1) is 9.10. The van der Waals surface area contributed by atoms with E-state index < -0.39 is 0 Å². The highest BCUT2D eigenvalue weighted by molar-refractivity contribution is 6.04. The predicted molar refractivity (Wildman–Crippen MR) is 73.4 cm³/mol. The van der Waals surface area contributed by atoms with Crippen molar-refractivity contribution in [2.24, 2.45) is 0 Å². The van der Waals surface area contributed by atoms with E-state index in [1.165, 1.54) is 6.07 Å². The lowest BCUT2D eigenvalue weighted by atomic mass is 10.1. The van der Waals surface area contributed by atoms with Crippen molar-refractivity contribution in [3.8, 4) is 5.75 Å². The van der Waals surface area contributed by atoms with Crippen molar-refractivity contribution in [2.45, 2.75) is 26.7 Å². The van der Waals surface area contributed by atoms with Crippen LogP contribution in [0.3, 0.4) is 0 Å². The Kier molecular flexibility index (Phi) is 3.85. The topological polar surface area (TPSA) is 78.0 Å². The third-order valence-electron chi connectivity index (χ3n) is 2.86. The van der Waals surface area contributed by atoms with Crippen molar-refractivity contribution in [1.29, 1.82) is 0 Å². The van der Waals surface area contributed by atoms with Crippen LogP contribution in [0.15, 0.2) is 24.3 Å². The Morgan fingerprint density at radius 1 is 1.42 bits per heavy atom. The van der Waals surface area contributed by atoms with Gasteiger partial charge in [-0.1, -0.05) is 19.4 Å². The van der Waals surface area contributed by atoms with Crippen molar-refractivity contribution in [3.05, 3.63) is 41.1 Å². The molecule has 1 amide bonds. The zero-order valence-electron chi connectivity index (χ0n) is 11.0. The monoisotopic (exact) mass is 259 g/mol. The number of aromatic amines is 1. The van der Waals surface area contributed by atoms with E-state index in [1.807, 2.05) is 6.07 Å². The molecule has 0 aliphatic heterocycles. The second-order valence-electron chi connectivity index (χ2n) is 4.48. The summed E-state index contributed by atoms with van der Waals surface area (Å²) < 4.78 is 0. The fraction of sp³-hybridized carbons (Fsp3) is 0.286. The van der Waals surface area contributed by atoms with Gasteiger partial charge in [0.2, 0.25) is 0 Å². The largest absolute Gasteiger partial charge is 0.508 e. The van der Waals surface area contributed by atoms with Gasteiger partial charge in [0.25, 0.3) is 5.91 Å². The summed E-state index contributed by atoms with van der Waals surface area (Å²) in [5, 5.41) is 19.2. The van der Waals surface area contributed by atoms with Crippen LogP contribution >= 0.6 is 0 Å². The van der Waals surface area contributed by atoms with Gasteiger partial charge in [-0.3, -0.25) is 9.89 Å². The molecule has 0 fully saturated rings. The zero-order valence-corrected chi connectivity index (χ0v) is 11.0. The van der Waals surface area contributed by atoms with Gasteiger partial charge in [0.05, 0.1) is 0 Å². The van der Waals surface area contributed by atoms with Crippen molar-refractivity contribution >= 4 is 11.7 Å². The number of H-pyrrole nitrogens is 1. The molecule has 2 rings (SSSR count). The number of phenolic OH excluding ortho intramolecular Hbond substituents is 1. The number of carbonyl (C=O) groups is 1. The molecule has 0 saturated carbocycles. The average molecular weight is 259 g/mol. The molecule has 0 atom stereocenters. The number of anilines is 1. The van der Waals surface area contributed by atoms with E-state index in [1.54, 1.807) is 19.1 Å². The second-order valence-corrected chi connectivity index (χ2v) is 4.48. The maximum atomic E-state index is 12.0. The summed E-state index contributed by atoms with van der Waals surface area (Å²) in [5.74, 6) is 0.319. The fourth-order valence-corrected chi connectivity index (χ4v) is 1.76. The standard InChI is InChI=1S/C14H17N3O2/c1-3-4-11-8-13(17-16-11)15-14(19)10-6-5-9(2)12(18)7-10/h5-8,18H,3-4H2,1-2H3,(H2,15,16,17,19). The Morgan fingerprint density at radius 3 is 2.89 bits per heavy atom. The molecule has 5 nitrogen and oxygen atoms in total. The summed E-state index contributed by atoms with van der Waals surface area (Å²) in [6.07, 6.45) is 1.91. The molecule has 100 valence electrons. The Morgan fingerprint density at radius 2 is 2.21 bits per heavy atom. The van der Waals surface area contributed by atoms with Gasteiger partial charge in [-0.2, -0.15) is 5.10 Å². The minimum atomic E-state index is -0.287. The van der Waals surface area contributed by atoms with Crippen LogP contribution in [0, 0.1) is 6.92 Å². The molecule has 0 saturated heterocycles. The number of aromatic nitrogens is 2. The number of benzene rings is 1. The van der Waals surface area contributed by atoms with Crippen LogP contribution < -0.4 is 5.32 Å². The Balaban J connectivity index is 2.09. The molecule has 1 heterocycles. The third-order valence-corrected chi connectivity index (χ3v) is 2.86. The zero-order chi connectivity index (χ0) is 13.8. The molecule has 3 N–H and O–H groups in total. The molecular weight excluding hydrogens is 242 g/mol. The normalized spacial score (nSPS) is 10.4. The second kappa shape index (κ2) is 5.56. The lowest BCUT2D eigenvalue weighted by molar-refractivity contribution is 0.102. The molecule has 0 aliphatic carbocycles. The number of phenols is 1. The molecule has 1 aromatic heterocycles. The highest BCUT2D eigenvalue weighted by atomic mass is 16.3. The van der Waals surface area contributed by atoms with Crippen LogP contribution in [0.2, 0.25) is 0 Å². The number of hydrogen-bond donors (Lipinski definition) is 3. The van der Waals surface area contributed by atoms with E-state index in [4.69, 9.17) is 0 Å². The van der Waals surface area contributed by atoms with E-state index in [9.17, 15) is 9.90 Å². The SMILES string of the molecule is CCCc1cc(NC(=O)c2ccc(C)c(O)c2)n[nH]1. The fourth-order valence-electron chi connectivity index (χ4n) is 1.76. The van der Waals surface area contributed by atoms with Crippen LogP contribution in [-0.4, -0.2) is 21.2 Å². The Bertz CT molecular complexity index is 590. The summed E-state index contributed by atoms with van der Waals surface area (Å²) in [4.78, 5) is 12.0. The van der Waals surface area contributed by atoms with E-state index >= 15 is 0 Å². The van der Waals surface area contributed by atoms with Gasteiger partial charge in [-0.25, -0.2) is 0 Å². The van der Waals surface area contributed by atoms with Gasteiger partial charge >= 0.3 is 0 Å². The first-order valence-corrected chi connectivity index (χ1v) is 6.25. The Labute approximate surface area is 111 Å². The third kappa shape index (κ3) is 3.13. The van der Waals surface area contributed by atoms with Gasteiger partial charge in [0.15, 0.2) is 5.82 Å². The summed E-state index contributed by atoms with van der Waals surface area (Å²) in [7, 11) is 0. The molecule has 0 spiro atoms. The van der Waals surface area contributed by atoms with Gasteiger partial charge < -0.3 is 10.4 Å². The quantitative estimate of drug-likeness (QED) is 0.789. The highest BCUT2D eigenvalue weighted by Crippen LogP contribution is 2.18. The van der Waals surface area contributed by atoms with Crippen LogP contribution in [0.5, 0.6) is 5.75 Å². The molecule has 19 heavy (non-hydrogen) atoms. The lowest BCUT2D eigenvalue weighted by Crippen LogP contribution is -2.12. The first-order valence-electron chi connectivity index (χ1n) is 6.25. The van der Waals surface area contributed by atoms with Crippen LogP contribution in [0.1, 0.15) is 35.0 Å². The van der Waals surface area contributed by atoms with Gasteiger partial charge in [0, 0.05) is 17.3 Å². The summed E-state index contributed by atoms with van der Waals surface area (Å²) >= 11 is 0. The molecule has 1 aromatic carbocycles. The maximum Gasteiger partial charge on any atom is 0.256 e. The molecule has 0 unspecified atom stereocenters. The van der Waals surface area contributed by atoms with Crippen molar-refractivity contribution < 1.29 is 9.90 Å². The van der Waals surface area contributed by atoms with Crippen LogP contribution in [-0.2, 0) is 6.42 Å². The van der Waals surface area contributed by atoms with E-state index in [0.29, 0.717) is 11.4 Å². The van der Waals surface area contributed by atoms with E-state index in [0.717, 1.165) is 24.1 Å². The van der Waals surface area contributed by atoms with Crippen LogP contribution in [0.25, 0.3) is 0 Å². The summed E-state index contributed by atoms with van der Waals surface area (Å²) in [6.45, 7) is 3.86. The van der Waals surface area contributed by atoms with Gasteiger partial charge in [0.1, 0.15) is 5.75 Å². The van der Waals surface area contributed by atoms with Gasteiger partial charge in [-0.15, -0.1) is 0 Å². The summed E-state index contributed by atoms with van der Waals surface area (Å²) in [5.41, 5.74) is 2.13. The number of aromatic hydroxyl groups is 1. The number of hydrogen-bond acceptors (Lipinski definition) is 3. The van der Waals surface area contributed by atoms with Gasteiger partial charge in [-0.05, 0) is 31.0 Å². The number of carbonyl (C=O) groups excluding carboxylic acids is 1. The first kappa shape index (κ1) is 13.1. The predicted octanol–water partition coefficient (Wildman–Crippen LogP) is 2.63. The molecule has 0 bridgehead atoms. The van der Waals surface area contributed by atoms with E-state index in [2.05, 4.69) is 22.4 Å². The number of nitrogens with one attached hydrogen (secondary N) is 2. The van der Waals surface area contributed by atoms with Crippen molar-refractivity contribution in [1.82, 2.24) is 10.2 Å². The lowest BCUT2D eigenvalue weighted by Gasteiger charge is -2.04. The number of nitrogens with zero attached hydrogens (tertiary/aromatic N) is 1. The smallest absolute Gasteiger partial charge is 0.256 e. The van der Waals surface area contributed by atoms with E-state index in [-0.39, 0.29) is 11.7 Å². The number of aryl methyl sites for hydroxylation is 2. The average Bonchev–Trinajstić information content (AvgIpc) is 2.80. The molecule has 0 aliphatic rings. The van der Waals surface area contributed by atoms with Crippen LogP contribution in [0.4, 0.5) is 5.82 Å².